The predicted octanol–water partition coefficient (Wildman–Crippen LogP) is 3.22. The van der Waals surface area contributed by atoms with Crippen LogP contribution in [0.1, 0.15) is 77.0 Å². The molecule has 1 saturated heterocycles. The van der Waals surface area contributed by atoms with Gasteiger partial charge in [0.1, 0.15) is 0 Å². The largest absolute Gasteiger partial charge is 0.339 e. The van der Waals surface area contributed by atoms with Crippen molar-refractivity contribution < 1.29 is 9.05 Å². The second-order valence-corrected chi connectivity index (χ2v) is 7.15. The maximum atomic E-state index is 5.40. The number of rotatable bonds is 3. The zero-order valence-electron chi connectivity index (χ0n) is 13.8. The number of aromatic nitrogens is 4. The third kappa shape index (κ3) is 2.71. The highest BCUT2D eigenvalue weighted by molar-refractivity contribution is 5.34. The van der Waals surface area contributed by atoms with E-state index in [2.05, 4.69) is 46.0 Å². The molecule has 0 saturated carbocycles. The van der Waals surface area contributed by atoms with Crippen LogP contribution in [0.3, 0.4) is 0 Å². The highest BCUT2D eigenvalue weighted by Gasteiger charge is 2.34. The van der Waals surface area contributed by atoms with Crippen LogP contribution in [0.4, 0.5) is 5.95 Å². The van der Waals surface area contributed by atoms with Gasteiger partial charge >= 0.3 is 0 Å². The Morgan fingerprint density at radius 2 is 1.91 bits per heavy atom. The van der Waals surface area contributed by atoms with Gasteiger partial charge in [0.25, 0.3) is 5.95 Å². The highest BCUT2D eigenvalue weighted by atomic mass is 16.5. The fourth-order valence-electron chi connectivity index (χ4n) is 2.53. The molecule has 22 heavy (non-hydrogen) atoms. The van der Waals surface area contributed by atoms with Crippen molar-refractivity contribution in [3.63, 3.8) is 0 Å². The number of hydrogen-bond donors (Lipinski definition) is 0. The van der Waals surface area contributed by atoms with Gasteiger partial charge in [-0.1, -0.05) is 39.8 Å². The van der Waals surface area contributed by atoms with E-state index in [0.717, 1.165) is 19.4 Å². The molecule has 1 atom stereocenters. The maximum absolute atomic E-state index is 5.40. The SMILES string of the molecule is CC(C)c1nc(C2CCCN2c2noc(C(C)(C)C)n2)no1. The Morgan fingerprint density at radius 3 is 2.50 bits per heavy atom. The van der Waals surface area contributed by atoms with Gasteiger partial charge in [0, 0.05) is 17.9 Å². The van der Waals surface area contributed by atoms with Gasteiger partial charge in [-0.05, 0) is 18.0 Å². The van der Waals surface area contributed by atoms with E-state index in [-0.39, 0.29) is 17.4 Å². The number of anilines is 1. The summed E-state index contributed by atoms with van der Waals surface area (Å²) in [5.41, 5.74) is -0.155. The van der Waals surface area contributed by atoms with Crippen LogP contribution in [-0.4, -0.2) is 26.8 Å². The molecule has 120 valence electrons. The van der Waals surface area contributed by atoms with Crippen molar-refractivity contribution in [2.75, 3.05) is 11.4 Å². The molecular formula is C15H23N5O2. The highest BCUT2D eigenvalue weighted by Crippen LogP contribution is 2.34. The maximum Gasteiger partial charge on any atom is 0.266 e. The molecule has 1 fully saturated rings. The summed E-state index contributed by atoms with van der Waals surface area (Å²) in [4.78, 5) is 11.2. The van der Waals surface area contributed by atoms with Crippen LogP contribution >= 0.6 is 0 Å². The zero-order valence-corrected chi connectivity index (χ0v) is 13.8. The fraction of sp³-hybridized carbons (Fsp3) is 0.733. The minimum Gasteiger partial charge on any atom is -0.339 e. The first kappa shape index (κ1) is 15.0. The Balaban J connectivity index is 1.85. The molecule has 0 bridgehead atoms. The molecule has 3 rings (SSSR count). The van der Waals surface area contributed by atoms with E-state index < -0.39 is 0 Å². The monoisotopic (exact) mass is 305 g/mol. The summed E-state index contributed by atoms with van der Waals surface area (Å²) in [7, 11) is 0. The standard InChI is InChI=1S/C15H23N5O2/c1-9(2)12-16-11(18-21-12)10-7-6-8-20(10)14-17-13(22-19-14)15(3,4)5/h9-10H,6-8H2,1-5H3. The van der Waals surface area contributed by atoms with E-state index in [9.17, 15) is 0 Å². The molecule has 7 heteroatoms. The second-order valence-electron chi connectivity index (χ2n) is 7.15. The average Bonchev–Trinajstić information content (AvgIpc) is 3.17. The van der Waals surface area contributed by atoms with Gasteiger partial charge in [0.2, 0.25) is 11.8 Å². The molecule has 1 aliphatic heterocycles. The lowest BCUT2D eigenvalue weighted by atomic mass is 9.97. The zero-order chi connectivity index (χ0) is 15.9. The fourth-order valence-corrected chi connectivity index (χ4v) is 2.53. The van der Waals surface area contributed by atoms with E-state index in [1.54, 1.807) is 0 Å². The predicted molar refractivity (Wildman–Crippen MR) is 80.7 cm³/mol. The van der Waals surface area contributed by atoms with Crippen molar-refractivity contribution in [1.29, 1.82) is 0 Å². The van der Waals surface area contributed by atoms with Crippen molar-refractivity contribution in [2.45, 2.75) is 64.8 Å². The molecule has 0 aromatic carbocycles. The van der Waals surface area contributed by atoms with Crippen LogP contribution in [0.5, 0.6) is 0 Å². The van der Waals surface area contributed by atoms with Gasteiger partial charge < -0.3 is 13.9 Å². The Labute approximate surface area is 130 Å². The van der Waals surface area contributed by atoms with E-state index in [1.165, 1.54) is 0 Å². The molecule has 2 aromatic rings. The Hall–Kier alpha value is -1.92. The first-order valence-corrected chi connectivity index (χ1v) is 7.80. The normalized spacial score (nSPS) is 19.4. The lowest BCUT2D eigenvalue weighted by Crippen LogP contribution is -2.25. The summed E-state index contributed by atoms with van der Waals surface area (Å²) < 4.78 is 10.7. The van der Waals surface area contributed by atoms with Crippen molar-refractivity contribution in [3.05, 3.63) is 17.6 Å². The summed E-state index contributed by atoms with van der Waals surface area (Å²) >= 11 is 0. The Morgan fingerprint density at radius 1 is 1.14 bits per heavy atom. The summed E-state index contributed by atoms with van der Waals surface area (Å²) in [5, 5.41) is 8.27. The first-order chi connectivity index (χ1) is 10.4. The van der Waals surface area contributed by atoms with Crippen LogP contribution in [0.2, 0.25) is 0 Å². The van der Waals surface area contributed by atoms with Gasteiger partial charge in [-0.15, -0.1) is 0 Å². The molecule has 0 aliphatic carbocycles. The van der Waals surface area contributed by atoms with Crippen molar-refractivity contribution in [1.82, 2.24) is 20.3 Å². The number of hydrogen-bond acceptors (Lipinski definition) is 7. The van der Waals surface area contributed by atoms with Gasteiger partial charge in [0.15, 0.2) is 5.82 Å². The quantitative estimate of drug-likeness (QED) is 0.861. The lowest BCUT2D eigenvalue weighted by molar-refractivity contribution is 0.320. The van der Waals surface area contributed by atoms with E-state index in [4.69, 9.17) is 9.05 Å². The van der Waals surface area contributed by atoms with E-state index in [0.29, 0.717) is 23.6 Å². The molecular weight excluding hydrogens is 282 g/mol. The molecule has 0 spiro atoms. The Bertz CT molecular complexity index is 640. The minimum atomic E-state index is -0.155. The average molecular weight is 305 g/mol. The van der Waals surface area contributed by atoms with E-state index in [1.807, 2.05) is 13.8 Å². The smallest absolute Gasteiger partial charge is 0.266 e. The van der Waals surface area contributed by atoms with Gasteiger partial charge in [-0.2, -0.15) is 9.97 Å². The van der Waals surface area contributed by atoms with Gasteiger partial charge in [-0.3, -0.25) is 0 Å². The molecule has 0 amide bonds. The third-order valence-corrected chi connectivity index (χ3v) is 3.82. The third-order valence-electron chi connectivity index (χ3n) is 3.82. The topological polar surface area (TPSA) is 81.1 Å². The summed E-state index contributed by atoms with van der Waals surface area (Å²) in [6, 6.07) is 0.0571. The van der Waals surface area contributed by atoms with Crippen molar-refractivity contribution >= 4 is 5.95 Å². The molecule has 7 nitrogen and oxygen atoms in total. The molecule has 1 aliphatic rings. The van der Waals surface area contributed by atoms with Crippen LogP contribution in [0.25, 0.3) is 0 Å². The second kappa shape index (κ2) is 5.37. The summed E-state index contributed by atoms with van der Waals surface area (Å²) in [6.45, 7) is 11.1. The number of nitrogens with zero attached hydrogens (tertiary/aromatic N) is 5. The Kier molecular flexibility index (Phi) is 3.66. The molecule has 1 unspecified atom stereocenters. The summed E-state index contributed by atoms with van der Waals surface area (Å²) in [6.07, 6.45) is 2.02. The van der Waals surface area contributed by atoms with Gasteiger partial charge in [0.05, 0.1) is 6.04 Å². The molecule has 3 heterocycles. The summed E-state index contributed by atoms with van der Waals surface area (Å²) in [5.74, 6) is 2.87. The van der Waals surface area contributed by atoms with Crippen molar-refractivity contribution in [2.24, 2.45) is 0 Å². The minimum absolute atomic E-state index is 0.0571. The molecule has 0 radical (unpaired) electrons. The van der Waals surface area contributed by atoms with E-state index >= 15 is 0 Å². The first-order valence-electron chi connectivity index (χ1n) is 7.80. The van der Waals surface area contributed by atoms with Gasteiger partial charge in [-0.25, -0.2) is 0 Å². The lowest BCUT2D eigenvalue weighted by Gasteiger charge is -2.19. The molecule has 2 aromatic heterocycles. The van der Waals surface area contributed by atoms with Crippen LogP contribution in [0, 0.1) is 0 Å². The van der Waals surface area contributed by atoms with Crippen LogP contribution in [-0.2, 0) is 5.41 Å². The van der Waals surface area contributed by atoms with Crippen LogP contribution in [0.15, 0.2) is 9.05 Å². The van der Waals surface area contributed by atoms with Crippen molar-refractivity contribution in [3.8, 4) is 0 Å². The molecule has 0 N–H and O–H groups in total. The van der Waals surface area contributed by atoms with Crippen LogP contribution < -0.4 is 4.90 Å².